The molecule has 0 saturated heterocycles. The first-order valence-corrected chi connectivity index (χ1v) is 6.82. The molecule has 1 amide bonds. The highest BCUT2D eigenvalue weighted by atomic mass is 79.9. The number of hydrogen-bond donors (Lipinski definition) is 1. The summed E-state index contributed by atoms with van der Waals surface area (Å²) in [7, 11) is 1.55. The number of nitrogens with zero attached hydrogens (tertiary/aromatic N) is 1. The van der Waals surface area contributed by atoms with Gasteiger partial charge in [0, 0.05) is 15.6 Å². The molecule has 0 saturated carbocycles. The molecule has 0 heterocycles. The quantitative estimate of drug-likeness (QED) is 0.678. The number of hydrazone groups is 1. The fourth-order valence-electron chi connectivity index (χ4n) is 1.63. The van der Waals surface area contributed by atoms with Crippen molar-refractivity contribution in [2.75, 3.05) is 7.11 Å². The maximum absolute atomic E-state index is 12.8. The van der Waals surface area contributed by atoms with Crippen molar-refractivity contribution in [3.05, 3.63) is 63.9 Å². The molecule has 21 heavy (non-hydrogen) atoms. The molecule has 0 aliphatic carbocycles. The zero-order valence-corrected chi connectivity index (χ0v) is 12.7. The van der Waals surface area contributed by atoms with Gasteiger partial charge in [0.1, 0.15) is 11.6 Å². The molecular weight excluding hydrogens is 339 g/mol. The smallest absolute Gasteiger partial charge is 0.271 e. The molecule has 0 atom stereocenters. The van der Waals surface area contributed by atoms with E-state index >= 15 is 0 Å². The third-order valence-corrected chi connectivity index (χ3v) is 3.16. The topological polar surface area (TPSA) is 50.7 Å². The summed E-state index contributed by atoms with van der Waals surface area (Å²) in [4.78, 5) is 11.8. The SMILES string of the molecule is COc1ccc(Br)cc1/C=N/NC(=O)c1ccc(F)cc1. The van der Waals surface area contributed by atoms with Crippen LogP contribution in [0.2, 0.25) is 0 Å². The first kappa shape index (κ1) is 15.2. The van der Waals surface area contributed by atoms with Crippen molar-refractivity contribution in [1.29, 1.82) is 0 Å². The predicted octanol–water partition coefficient (Wildman–Crippen LogP) is 3.36. The van der Waals surface area contributed by atoms with Crippen molar-refractivity contribution < 1.29 is 13.9 Å². The number of nitrogens with one attached hydrogen (secondary N) is 1. The molecule has 6 heteroatoms. The second-order valence-electron chi connectivity index (χ2n) is 4.09. The fourth-order valence-corrected chi connectivity index (χ4v) is 2.01. The summed E-state index contributed by atoms with van der Waals surface area (Å²) < 4.78 is 18.8. The third kappa shape index (κ3) is 4.13. The van der Waals surface area contributed by atoms with E-state index in [0.717, 1.165) is 4.47 Å². The van der Waals surface area contributed by atoms with Crippen LogP contribution in [0.25, 0.3) is 0 Å². The van der Waals surface area contributed by atoms with Gasteiger partial charge < -0.3 is 4.74 Å². The minimum absolute atomic E-state index is 0.328. The molecule has 2 aromatic carbocycles. The Morgan fingerprint density at radius 2 is 2.00 bits per heavy atom. The van der Waals surface area contributed by atoms with Gasteiger partial charge in [-0.3, -0.25) is 4.79 Å². The van der Waals surface area contributed by atoms with Gasteiger partial charge in [-0.1, -0.05) is 15.9 Å². The van der Waals surface area contributed by atoms with Crippen molar-refractivity contribution >= 4 is 28.1 Å². The Morgan fingerprint density at radius 1 is 1.29 bits per heavy atom. The van der Waals surface area contributed by atoms with Gasteiger partial charge in [-0.2, -0.15) is 5.10 Å². The van der Waals surface area contributed by atoms with Gasteiger partial charge in [-0.15, -0.1) is 0 Å². The van der Waals surface area contributed by atoms with Crippen molar-refractivity contribution in [1.82, 2.24) is 5.43 Å². The summed E-state index contributed by atoms with van der Waals surface area (Å²) in [6, 6.07) is 10.7. The van der Waals surface area contributed by atoms with Crippen molar-refractivity contribution in [3.63, 3.8) is 0 Å². The molecule has 0 bridgehead atoms. The Hall–Kier alpha value is -2.21. The van der Waals surface area contributed by atoms with E-state index in [1.54, 1.807) is 13.2 Å². The largest absolute Gasteiger partial charge is 0.496 e. The number of amides is 1. The van der Waals surface area contributed by atoms with Crippen LogP contribution in [0.4, 0.5) is 4.39 Å². The third-order valence-electron chi connectivity index (χ3n) is 2.67. The van der Waals surface area contributed by atoms with Crippen LogP contribution in [0.5, 0.6) is 5.75 Å². The molecule has 0 unspecified atom stereocenters. The normalized spacial score (nSPS) is 10.6. The molecule has 0 aromatic heterocycles. The number of ether oxygens (including phenoxy) is 1. The van der Waals surface area contributed by atoms with Crippen LogP contribution in [-0.4, -0.2) is 19.2 Å². The first-order valence-electron chi connectivity index (χ1n) is 6.02. The van der Waals surface area contributed by atoms with Crippen molar-refractivity contribution in [3.8, 4) is 5.75 Å². The first-order chi connectivity index (χ1) is 10.1. The molecule has 0 spiro atoms. The van der Waals surface area contributed by atoms with E-state index in [4.69, 9.17) is 4.74 Å². The minimum Gasteiger partial charge on any atom is -0.496 e. The zero-order chi connectivity index (χ0) is 15.2. The van der Waals surface area contributed by atoms with E-state index in [-0.39, 0.29) is 0 Å². The van der Waals surface area contributed by atoms with E-state index in [2.05, 4.69) is 26.5 Å². The lowest BCUT2D eigenvalue weighted by atomic mass is 10.2. The van der Waals surface area contributed by atoms with Crippen LogP contribution in [-0.2, 0) is 0 Å². The summed E-state index contributed by atoms with van der Waals surface area (Å²) in [5.41, 5.74) is 3.42. The summed E-state index contributed by atoms with van der Waals surface area (Å²) in [5.74, 6) is -0.174. The standard InChI is InChI=1S/C15H12BrFN2O2/c1-21-14-7-4-12(16)8-11(14)9-18-19-15(20)10-2-5-13(17)6-3-10/h2-9H,1H3,(H,19,20)/b18-9+. The fraction of sp³-hybridized carbons (Fsp3) is 0.0667. The molecular formula is C15H12BrFN2O2. The highest BCUT2D eigenvalue weighted by Crippen LogP contribution is 2.21. The highest BCUT2D eigenvalue weighted by molar-refractivity contribution is 9.10. The van der Waals surface area contributed by atoms with E-state index < -0.39 is 11.7 Å². The van der Waals surface area contributed by atoms with E-state index in [9.17, 15) is 9.18 Å². The number of hydrogen-bond acceptors (Lipinski definition) is 3. The van der Waals surface area contributed by atoms with Gasteiger partial charge >= 0.3 is 0 Å². The lowest BCUT2D eigenvalue weighted by Crippen LogP contribution is -2.17. The molecule has 1 N–H and O–H groups in total. The maximum Gasteiger partial charge on any atom is 0.271 e. The molecule has 2 rings (SSSR count). The highest BCUT2D eigenvalue weighted by Gasteiger charge is 2.04. The van der Waals surface area contributed by atoms with Crippen LogP contribution in [0.15, 0.2) is 52.0 Å². The number of carbonyl (C=O) groups excluding carboxylic acids is 1. The lowest BCUT2D eigenvalue weighted by Gasteiger charge is -2.04. The molecule has 0 aliphatic rings. The van der Waals surface area contributed by atoms with Gasteiger partial charge in [-0.05, 0) is 42.5 Å². The Balaban J connectivity index is 2.07. The minimum atomic E-state index is -0.416. The number of carbonyl (C=O) groups is 1. The zero-order valence-electron chi connectivity index (χ0n) is 11.1. The van der Waals surface area contributed by atoms with Crippen molar-refractivity contribution in [2.45, 2.75) is 0 Å². The Bertz CT molecular complexity index is 672. The summed E-state index contributed by atoms with van der Waals surface area (Å²) in [6.07, 6.45) is 1.48. The molecule has 0 fully saturated rings. The summed E-state index contributed by atoms with van der Waals surface area (Å²) >= 11 is 3.35. The second kappa shape index (κ2) is 6.99. The molecule has 108 valence electrons. The Labute approximate surface area is 129 Å². The molecule has 4 nitrogen and oxygen atoms in total. The summed E-state index contributed by atoms with van der Waals surface area (Å²) in [6.45, 7) is 0. The van der Waals surface area contributed by atoms with Crippen LogP contribution in [0, 0.1) is 5.82 Å². The van der Waals surface area contributed by atoms with Gasteiger partial charge in [0.25, 0.3) is 5.91 Å². The van der Waals surface area contributed by atoms with Crippen LogP contribution < -0.4 is 10.2 Å². The van der Waals surface area contributed by atoms with Gasteiger partial charge in [-0.25, -0.2) is 9.82 Å². The van der Waals surface area contributed by atoms with Crippen LogP contribution in [0.3, 0.4) is 0 Å². The average Bonchev–Trinajstić information content (AvgIpc) is 2.48. The monoisotopic (exact) mass is 350 g/mol. The summed E-state index contributed by atoms with van der Waals surface area (Å²) in [5, 5.41) is 3.87. The molecule has 0 aliphatic heterocycles. The Kier molecular flexibility index (Phi) is 5.05. The average molecular weight is 351 g/mol. The number of halogens is 2. The van der Waals surface area contributed by atoms with Gasteiger partial charge in [0.05, 0.1) is 13.3 Å². The van der Waals surface area contributed by atoms with Crippen molar-refractivity contribution in [2.24, 2.45) is 5.10 Å². The maximum atomic E-state index is 12.8. The van der Waals surface area contributed by atoms with Gasteiger partial charge in [0.2, 0.25) is 0 Å². The van der Waals surface area contributed by atoms with E-state index in [1.807, 2.05) is 12.1 Å². The Morgan fingerprint density at radius 3 is 2.67 bits per heavy atom. The molecule has 2 aromatic rings. The van der Waals surface area contributed by atoms with Crippen LogP contribution >= 0.6 is 15.9 Å². The number of rotatable bonds is 4. The van der Waals surface area contributed by atoms with E-state index in [1.165, 1.54) is 30.5 Å². The second-order valence-corrected chi connectivity index (χ2v) is 5.01. The number of methoxy groups -OCH3 is 1. The van der Waals surface area contributed by atoms with Gasteiger partial charge in [0.15, 0.2) is 0 Å². The van der Waals surface area contributed by atoms with Crippen LogP contribution in [0.1, 0.15) is 15.9 Å². The predicted molar refractivity (Wildman–Crippen MR) is 82.2 cm³/mol. The number of benzene rings is 2. The molecule has 0 radical (unpaired) electrons. The van der Waals surface area contributed by atoms with E-state index in [0.29, 0.717) is 16.9 Å². The lowest BCUT2D eigenvalue weighted by molar-refractivity contribution is 0.0955.